The van der Waals surface area contributed by atoms with E-state index in [1.807, 2.05) is 19.9 Å². The van der Waals surface area contributed by atoms with Gasteiger partial charge < -0.3 is 9.47 Å². The highest BCUT2D eigenvalue weighted by atomic mass is 16.6. The highest BCUT2D eigenvalue weighted by Crippen LogP contribution is 2.27. The van der Waals surface area contributed by atoms with Gasteiger partial charge >= 0.3 is 5.97 Å². The predicted octanol–water partition coefficient (Wildman–Crippen LogP) is 1.84. The number of benzene rings is 1. The average molecular weight is 248 g/mol. The van der Waals surface area contributed by atoms with Gasteiger partial charge in [-0.2, -0.15) is 0 Å². The number of hydrogen-bond donors (Lipinski definition) is 0. The SMILES string of the molecule is CC(C)COC(=O)[C@H]1O[C@@H]1C(=O)c1ccccc1. The Bertz CT molecular complexity index is 438. The van der Waals surface area contributed by atoms with Gasteiger partial charge in [0.05, 0.1) is 6.61 Å². The van der Waals surface area contributed by atoms with E-state index in [0.29, 0.717) is 12.2 Å². The first-order valence-electron chi connectivity index (χ1n) is 6.01. The number of rotatable bonds is 5. The molecule has 0 saturated carbocycles. The highest BCUT2D eigenvalue weighted by molar-refractivity contribution is 6.04. The summed E-state index contributed by atoms with van der Waals surface area (Å²) in [5, 5.41) is 0. The first-order chi connectivity index (χ1) is 8.59. The van der Waals surface area contributed by atoms with Crippen LogP contribution in [0.15, 0.2) is 30.3 Å². The molecule has 0 aromatic heterocycles. The molecule has 96 valence electrons. The molecule has 0 radical (unpaired) electrons. The van der Waals surface area contributed by atoms with Crippen LogP contribution >= 0.6 is 0 Å². The van der Waals surface area contributed by atoms with E-state index in [1.165, 1.54) is 0 Å². The molecule has 1 aromatic rings. The van der Waals surface area contributed by atoms with Gasteiger partial charge in [-0.05, 0) is 5.92 Å². The van der Waals surface area contributed by atoms with Gasteiger partial charge in [-0.3, -0.25) is 4.79 Å². The highest BCUT2D eigenvalue weighted by Gasteiger charge is 2.51. The number of epoxide rings is 1. The maximum atomic E-state index is 11.9. The Morgan fingerprint density at radius 3 is 2.50 bits per heavy atom. The molecule has 1 aliphatic heterocycles. The second-order valence-corrected chi connectivity index (χ2v) is 4.73. The van der Waals surface area contributed by atoms with Crippen LogP contribution in [0.3, 0.4) is 0 Å². The normalized spacial score (nSPS) is 21.7. The van der Waals surface area contributed by atoms with E-state index in [4.69, 9.17) is 9.47 Å². The van der Waals surface area contributed by atoms with Crippen molar-refractivity contribution in [1.29, 1.82) is 0 Å². The number of Topliss-reactive ketones (excluding diaryl/α,β-unsaturated/α-hetero) is 1. The van der Waals surface area contributed by atoms with E-state index in [2.05, 4.69) is 0 Å². The fourth-order valence-corrected chi connectivity index (χ4v) is 1.59. The number of carbonyl (C=O) groups is 2. The smallest absolute Gasteiger partial charge is 0.338 e. The van der Waals surface area contributed by atoms with E-state index in [0.717, 1.165) is 0 Å². The summed E-state index contributed by atoms with van der Waals surface area (Å²) in [4.78, 5) is 23.5. The van der Waals surface area contributed by atoms with Crippen molar-refractivity contribution in [1.82, 2.24) is 0 Å². The summed E-state index contributed by atoms with van der Waals surface area (Å²) < 4.78 is 10.1. The van der Waals surface area contributed by atoms with Crippen molar-refractivity contribution in [2.75, 3.05) is 6.61 Å². The van der Waals surface area contributed by atoms with Crippen LogP contribution in [0.2, 0.25) is 0 Å². The summed E-state index contributed by atoms with van der Waals surface area (Å²) in [7, 11) is 0. The first-order valence-corrected chi connectivity index (χ1v) is 6.01. The van der Waals surface area contributed by atoms with Gasteiger partial charge in [0.25, 0.3) is 0 Å². The van der Waals surface area contributed by atoms with E-state index < -0.39 is 18.2 Å². The third kappa shape index (κ3) is 2.96. The molecule has 0 amide bonds. The average Bonchev–Trinajstić information content (AvgIpc) is 3.16. The molecule has 4 heteroatoms. The van der Waals surface area contributed by atoms with Crippen molar-refractivity contribution >= 4 is 11.8 Å². The summed E-state index contributed by atoms with van der Waals surface area (Å²) in [5.41, 5.74) is 0.557. The van der Waals surface area contributed by atoms with Gasteiger partial charge in [-0.1, -0.05) is 44.2 Å². The lowest BCUT2D eigenvalue weighted by molar-refractivity contribution is -0.146. The topological polar surface area (TPSA) is 55.9 Å². The van der Waals surface area contributed by atoms with Crippen LogP contribution in [-0.2, 0) is 14.3 Å². The van der Waals surface area contributed by atoms with Crippen LogP contribution in [0.25, 0.3) is 0 Å². The van der Waals surface area contributed by atoms with E-state index in [-0.39, 0.29) is 11.7 Å². The minimum Gasteiger partial charge on any atom is -0.463 e. The summed E-state index contributed by atoms with van der Waals surface area (Å²) in [6.07, 6.45) is -1.40. The quantitative estimate of drug-likeness (QED) is 0.453. The molecule has 0 bridgehead atoms. The molecular weight excluding hydrogens is 232 g/mol. The van der Waals surface area contributed by atoms with Crippen LogP contribution in [0.4, 0.5) is 0 Å². The summed E-state index contributed by atoms with van der Waals surface area (Å²) in [6, 6.07) is 8.81. The maximum Gasteiger partial charge on any atom is 0.338 e. The molecule has 18 heavy (non-hydrogen) atoms. The number of ketones is 1. The van der Waals surface area contributed by atoms with E-state index >= 15 is 0 Å². The second-order valence-electron chi connectivity index (χ2n) is 4.73. The summed E-state index contributed by atoms with van der Waals surface area (Å²) in [5.74, 6) is -0.337. The standard InChI is InChI=1S/C14H16O4/c1-9(2)8-17-14(16)13-12(18-13)11(15)10-6-4-3-5-7-10/h3-7,9,12-13H,8H2,1-2H3/t12-,13+/m1/s1. The number of ether oxygens (including phenoxy) is 2. The lowest BCUT2D eigenvalue weighted by Crippen LogP contribution is -2.20. The molecule has 2 atom stereocenters. The monoisotopic (exact) mass is 248 g/mol. The first kappa shape index (κ1) is 12.8. The lowest BCUT2D eigenvalue weighted by atomic mass is 10.1. The molecule has 2 rings (SSSR count). The third-order valence-corrected chi connectivity index (χ3v) is 2.60. The molecule has 0 N–H and O–H groups in total. The minimum atomic E-state index is -0.726. The molecule has 1 heterocycles. The predicted molar refractivity (Wildman–Crippen MR) is 65.2 cm³/mol. The van der Waals surface area contributed by atoms with Crippen LogP contribution in [0.5, 0.6) is 0 Å². The Morgan fingerprint density at radius 2 is 1.89 bits per heavy atom. The molecule has 1 fully saturated rings. The van der Waals surface area contributed by atoms with Crippen LogP contribution in [0, 0.1) is 5.92 Å². The molecule has 1 aliphatic rings. The van der Waals surface area contributed by atoms with Crippen molar-refractivity contribution in [3.63, 3.8) is 0 Å². The van der Waals surface area contributed by atoms with Gasteiger partial charge in [0, 0.05) is 5.56 Å². The zero-order valence-electron chi connectivity index (χ0n) is 10.5. The largest absolute Gasteiger partial charge is 0.463 e. The van der Waals surface area contributed by atoms with Crippen molar-refractivity contribution in [3.05, 3.63) is 35.9 Å². The summed E-state index contributed by atoms with van der Waals surface area (Å²) in [6.45, 7) is 4.26. The van der Waals surface area contributed by atoms with Gasteiger partial charge in [0.2, 0.25) is 0 Å². The molecular formula is C14H16O4. The van der Waals surface area contributed by atoms with Gasteiger partial charge in [0.1, 0.15) is 0 Å². The summed E-state index contributed by atoms with van der Waals surface area (Å²) >= 11 is 0. The zero-order valence-corrected chi connectivity index (χ0v) is 10.5. The van der Waals surface area contributed by atoms with Crippen LogP contribution in [-0.4, -0.2) is 30.6 Å². The molecule has 4 nitrogen and oxygen atoms in total. The zero-order chi connectivity index (χ0) is 13.1. The third-order valence-electron chi connectivity index (χ3n) is 2.60. The van der Waals surface area contributed by atoms with Crippen LogP contribution in [0.1, 0.15) is 24.2 Å². The molecule has 0 aliphatic carbocycles. The Morgan fingerprint density at radius 1 is 1.22 bits per heavy atom. The van der Waals surface area contributed by atoms with E-state index in [1.54, 1.807) is 24.3 Å². The molecule has 0 spiro atoms. The number of carbonyl (C=O) groups excluding carboxylic acids is 2. The molecule has 1 saturated heterocycles. The lowest BCUT2D eigenvalue weighted by Gasteiger charge is -2.04. The van der Waals surface area contributed by atoms with Crippen molar-refractivity contribution < 1.29 is 19.1 Å². The Labute approximate surface area is 106 Å². The fraction of sp³-hybridized carbons (Fsp3) is 0.429. The molecule has 1 aromatic carbocycles. The van der Waals surface area contributed by atoms with Crippen molar-refractivity contribution in [2.45, 2.75) is 26.1 Å². The van der Waals surface area contributed by atoms with Crippen molar-refractivity contribution in [2.24, 2.45) is 5.92 Å². The maximum absolute atomic E-state index is 11.9. The Hall–Kier alpha value is -1.68. The van der Waals surface area contributed by atoms with Crippen molar-refractivity contribution in [3.8, 4) is 0 Å². The number of esters is 1. The Balaban J connectivity index is 1.88. The minimum absolute atomic E-state index is 0.165. The van der Waals surface area contributed by atoms with Crippen LogP contribution < -0.4 is 0 Å². The Kier molecular flexibility index (Phi) is 3.77. The second kappa shape index (κ2) is 5.31. The number of hydrogen-bond acceptors (Lipinski definition) is 4. The van der Waals surface area contributed by atoms with Gasteiger partial charge in [0.15, 0.2) is 18.0 Å². The molecule has 0 unspecified atom stereocenters. The van der Waals surface area contributed by atoms with E-state index in [9.17, 15) is 9.59 Å². The fourth-order valence-electron chi connectivity index (χ4n) is 1.59. The van der Waals surface area contributed by atoms with Gasteiger partial charge in [-0.25, -0.2) is 4.79 Å². The van der Waals surface area contributed by atoms with Gasteiger partial charge in [-0.15, -0.1) is 0 Å².